The van der Waals surface area contributed by atoms with Crippen LogP contribution in [0.3, 0.4) is 0 Å². The minimum absolute atomic E-state index is 0.0453. The quantitative estimate of drug-likeness (QED) is 0.693. The van der Waals surface area contributed by atoms with Crippen LogP contribution in [-0.4, -0.2) is 31.5 Å². The number of hydrogen-bond acceptors (Lipinski definition) is 3. The summed E-state index contributed by atoms with van der Waals surface area (Å²) in [5.41, 5.74) is 0. The van der Waals surface area contributed by atoms with Gasteiger partial charge in [-0.05, 0) is 25.7 Å². The summed E-state index contributed by atoms with van der Waals surface area (Å²) in [6, 6.07) is 0. The van der Waals surface area contributed by atoms with Crippen LogP contribution in [0.15, 0.2) is 0 Å². The predicted octanol–water partition coefficient (Wildman–Crippen LogP) is 2.79. The fraction of sp³-hybridized carbons (Fsp3) is 0.923. The van der Waals surface area contributed by atoms with Gasteiger partial charge in [0.05, 0.1) is 31.2 Å². The topological polar surface area (TPSA) is 35.5 Å². The molecule has 1 heterocycles. The number of ether oxygens (including phenoxy) is 2. The minimum atomic E-state index is -4.28. The van der Waals surface area contributed by atoms with E-state index in [1.807, 2.05) is 13.8 Å². The van der Waals surface area contributed by atoms with Crippen molar-refractivity contribution >= 4 is 5.97 Å². The molecule has 0 spiro atoms. The molecule has 0 aromatic rings. The molecule has 110 valence electrons. The lowest BCUT2D eigenvalue weighted by molar-refractivity contribution is -0.202. The third kappa shape index (κ3) is 2.59. The summed E-state index contributed by atoms with van der Waals surface area (Å²) in [6.45, 7) is 3.78. The minimum Gasteiger partial charge on any atom is -0.469 e. The molecule has 0 bridgehead atoms. The molecule has 1 aliphatic carbocycles. The number of alkyl halides is 3. The van der Waals surface area contributed by atoms with Crippen molar-refractivity contribution < 1.29 is 27.4 Å². The molecule has 0 unspecified atom stereocenters. The van der Waals surface area contributed by atoms with Gasteiger partial charge in [-0.15, -0.1) is 0 Å². The second-order valence-corrected chi connectivity index (χ2v) is 5.66. The number of halogens is 3. The molecule has 6 heteroatoms. The van der Waals surface area contributed by atoms with Gasteiger partial charge in [0.15, 0.2) is 0 Å². The van der Waals surface area contributed by atoms with E-state index >= 15 is 0 Å². The number of fused-ring (bicyclic) bond motifs is 1. The molecular formula is C13H19F3O3. The van der Waals surface area contributed by atoms with Gasteiger partial charge in [0.25, 0.3) is 0 Å². The lowest BCUT2D eigenvalue weighted by atomic mass is 9.68. The first-order chi connectivity index (χ1) is 8.75. The fourth-order valence-corrected chi connectivity index (χ4v) is 3.49. The molecule has 2 fully saturated rings. The molecule has 3 nitrogen and oxygen atoms in total. The van der Waals surface area contributed by atoms with Gasteiger partial charge in [-0.2, -0.15) is 13.2 Å². The van der Waals surface area contributed by atoms with E-state index < -0.39 is 30.1 Å². The number of methoxy groups -OCH3 is 1. The van der Waals surface area contributed by atoms with Gasteiger partial charge in [0.2, 0.25) is 0 Å². The Hall–Kier alpha value is -0.780. The standard InChI is InChI=1S/C13H19F3O3/c1-6-7(2)19-10-5-8(13(14,15)16)4-9(11(6)10)12(17)18-3/h6-11H,4-5H2,1-3H3/t6-,7+,8+,9+,10+,11-/m1/s1. The Labute approximate surface area is 110 Å². The van der Waals surface area contributed by atoms with Crippen molar-refractivity contribution in [3.8, 4) is 0 Å². The van der Waals surface area contributed by atoms with Crippen molar-refractivity contribution in [1.29, 1.82) is 0 Å². The van der Waals surface area contributed by atoms with Crippen LogP contribution in [-0.2, 0) is 14.3 Å². The van der Waals surface area contributed by atoms with Crippen molar-refractivity contribution in [2.45, 2.75) is 45.1 Å². The first kappa shape index (κ1) is 14.6. The van der Waals surface area contributed by atoms with E-state index in [1.165, 1.54) is 7.11 Å². The molecule has 1 aliphatic heterocycles. The first-order valence-corrected chi connectivity index (χ1v) is 6.55. The molecule has 6 atom stereocenters. The zero-order valence-corrected chi connectivity index (χ0v) is 11.2. The molecule has 0 N–H and O–H groups in total. The fourth-order valence-electron chi connectivity index (χ4n) is 3.49. The van der Waals surface area contributed by atoms with E-state index in [0.717, 1.165) is 0 Å². The third-order valence-electron chi connectivity index (χ3n) is 4.65. The lowest BCUT2D eigenvalue weighted by Gasteiger charge is -2.38. The van der Waals surface area contributed by atoms with Crippen molar-refractivity contribution in [1.82, 2.24) is 0 Å². The first-order valence-electron chi connectivity index (χ1n) is 6.55. The zero-order valence-electron chi connectivity index (χ0n) is 11.2. The Morgan fingerprint density at radius 1 is 1.26 bits per heavy atom. The van der Waals surface area contributed by atoms with Crippen molar-refractivity contribution in [3.05, 3.63) is 0 Å². The van der Waals surface area contributed by atoms with Crippen LogP contribution in [0, 0.1) is 23.7 Å². The Morgan fingerprint density at radius 2 is 1.89 bits per heavy atom. The molecule has 1 saturated carbocycles. The maximum absolute atomic E-state index is 12.9. The largest absolute Gasteiger partial charge is 0.469 e. The van der Waals surface area contributed by atoms with Gasteiger partial charge in [-0.1, -0.05) is 6.92 Å². The highest BCUT2D eigenvalue weighted by Gasteiger charge is 2.56. The van der Waals surface area contributed by atoms with Crippen molar-refractivity contribution in [2.24, 2.45) is 23.7 Å². The summed E-state index contributed by atoms with van der Waals surface area (Å²) in [5.74, 6) is -2.83. The van der Waals surface area contributed by atoms with Gasteiger partial charge < -0.3 is 9.47 Å². The molecule has 0 amide bonds. The summed E-state index contributed by atoms with van der Waals surface area (Å²) in [4.78, 5) is 11.8. The molecule has 0 aromatic carbocycles. The van der Waals surface area contributed by atoms with Crippen LogP contribution >= 0.6 is 0 Å². The van der Waals surface area contributed by atoms with E-state index in [0.29, 0.717) is 0 Å². The second kappa shape index (κ2) is 4.96. The van der Waals surface area contributed by atoms with Gasteiger partial charge in [0.1, 0.15) is 0 Å². The molecule has 0 aromatic heterocycles. The van der Waals surface area contributed by atoms with E-state index in [-0.39, 0.29) is 30.8 Å². The van der Waals surface area contributed by atoms with Crippen LogP contribution in [0.25, 0.3) is 0 Å². The van der Waals surface area contributed by atoms with E-state index in [9.17, 15) is 18.0 Å². The molecule has 0 radical (unpaired) electrons. The van der Waals surface area contributed by atoms with Crippen LogP contribution in [0.5, 0.6) is 0 Å². The van der Waals surface area contributed by atoms with Crippen molar-refractivity contribution in [3.63, 3.8) is 0 Å². The summed E-state index contributed by atoms with van der Waals surface area (Å²) >= 11 is 0. The molecule has 2 rings (SSSR count). The van der Waals surface area contributed by atoms with E-state index in [2.05, 4.69) is 4.74 Å². The van der Waals surface area contributed by atoms with Crippen LogP contribution < -0.4 is 0 Å². The number of carbonyl (C=O) groups excluding carboxylic acids is 1. The van der Waals surface area contributed by atoms with Crippen LogP contribution in [0.2, 0.25) is 0 Å². The second-order valence-electron chi connectivity index (χ2n) is 5.66. The zero-order chi connectivity index (χ0) is 14.4. The lowest BCUT2D eigenvalue weighted by Crippen LogP contribution is -2.44. The van der Waals surface area contributed by atoms with E-state index in [1.54, 1.807) is 0 Å². The number of carbonyl (C=O) groups is 1. The maximum atomic E-state index is 12.9. The van der Waals surface area contributed by atoms with Crippen molar-refractivity contribution in [2.75, 3.05) is 7.11 Å². The normalized spacial score (nSPS) is 42.8. The summed E-state index contributed by atoms with van der Waals surface area (Å²) in [6.07, 6.45) is -5.12. The van der Waals surface area contributed by atoms with Crippen LogP contribution in [0.1, 0.15) is 26.7 Å². The Balaban J connectivity index is 2.25. The van der Waals surface area contributed by atoms with Gasteiger partial charge in [-0.3, -0.25) is 4.79 Å². The average Bonchev–Trinajstić information content (AvgIpc) is 2.62. The Kier molecular flexibility index (Phi) is 3.82. The average molecular weight is 280 g/mol. The molecule has 1 saturated heterocycles. The number of esters is 1. The number of rotatable bonds is 1. The molecular weight excluding hydrogens is 261 g/mol. The summed E-state index contributed by atoms with van der Waals surface area (Å²) in [5, 5.41) is 0. The maximum Gasteiger partial charge on any atom is 0.391 e. The van der Waals surface area contributed by atoms with Crippen LogP contribution in [0.4, 0.5) is 13.2 Å². The number of hydrogen-bond donors (Lipinski definition) is 0. The Morgan fingerprint density at radius 3 is 2.42 bits per heavy atom. The third-order valence-corrected chi connectivity index (χ3v) is 4.65. The highest BCUT2D eigenvalue weighted by Crippen LogP contribution is 2.50. The summed E-state index contributed by atoms with van der Waals surface area (Å²) in [7, 11) is 1.22. The summed E-state index contributed by atoms with van der Waals surface area (Å²) < 4.78 is 49.1. The highest BCUT2D eigenvalue weighted by atomic mass is 19.4. The van der Waals surface area contributed by atoms with Gasteiger partial charge in [0, 0.05) is 5.92 Å². The SMILES string of the molecule is COC(=O)[C@H]1C[C@H](C(F)(F)F)C[C@@H]2O[C@@H](C)[C@@H](C)[C@@H]21. The molecule has 19 heavy (non-hydrogen) atoms. The highest BCUT2D eigenvalue weighted by molar-refractivity contribution is 5.73. The smallest absolute Gasteiger partial charge is 0.391 e. The predicted molar refractivity (Wildman–Crippen MR) is 61.3 cm³/mol. The Bertz CT molecular complexity index is 356. The van der Waals surface area contributed by atoms with E-state index in [4.69, 9.17) is 4.74 Å². The molecule has 2 aliphatic rings. The van der Waals surface area contributed by atoms with Gasteiger partial charge >= 0.3 is 12.1 Å². The monoisotopic (exact) mass is 280 g/mol. The van der Waals surface area contributed by atoms with Gasteiger partial charge in [-0.25, -0.2) is 0 Å².